The predicted octanol–water partition coefficient (Wildman–Crippen LogP) is 3.38. The predicted molar refractivity (Wildman–Crippen MR) is 99.5 cm³/mol. The molecule has 5 heteroatoms. The van der Waals surface area contributed by atoms with Crippen molar-refractivity contribution < 1.29 is 9.59 Å². The average molecular weight is 363 g/mol. The third kappa shape index (κ3) is 4.00. The summed E-state index contributed by atoms with van der Waals surface area (Å²) in [6.45, 7) is 6.00. The Labute approximate surface area is 154 Å². The summed E-state index contributed by atoms with van der Waals surface area (Å²) in [6, 6.07) is 7.71. The second kappa shape index (κ2) is 7.36. The van der Waals surface area contributed by atoms with Crippen LogP contribution in [-0.2, 0) is 15.0 Å². The highest BCUT2D eigenvalue weighted by molar-refractivity contribution is 6.30. The fourth-order valence-corrected chi connectivity index (χ4v) is 3.90. The molecule has 0 unspecified atom stereocenters. The van der Waals surface area contributed by atoms with Crippen molar-refractivity contribution in [1.29, 1.82) is 0 Å². The molecule has 2 amide bonds. The molecule has 1 N–H and O–H groups in total. The monoisotopic (exact) mass is 362 g/mol. The van der Waals surface area contributed by atoms with Crippen LogP contribution in [0.2, 0.25) is 5.02 Å². The largest absolute Gasteiger partial charge is 0.356 e. The molecule has 1 heterocycles. The van der Waals surface area contributed by atoms with Gasteiger partial charge in [0.25, 0.3) is 0 Å². The maximum Gasteiger partial charge on any atom is 0.233 e. The second-order valence-corrected chi connectivity index (χ2v) is 8.19. The number of nitrogens with one attached hydrogen (secondary N) is 1. The summed E-state index contributed by atoms with van der Waals surface area (Å²) in [4.78, 5) is 27.0. The number of halogens is 1. The molecule has 2 aliphatic rings. The summed E-state index contributed by atoms with van der Waals surface area (Å²) in [5.41, 5.74) is 0.675. The zero-order valence-electron chi connectivity index (χ0n) is 15.1. The zero-order valence-corrected chi connectivity index (χ0v) is 15.8. The lowest BCUT2D eigenvalue weighted by atomic mass is 9.91. The van der Waals surface area contributed by atoms with Crippen molar-refractivity contribution >= 4 is 23.4 Å². The van der Waals surface area contributed by atoms with Crippen LogP contribution in [0.5, 0.6) is 0 Å². The van der Waals surface area contributed by atoms with Crippen LogP contribution in [-0.4, -0.2) is 36.3 Å². The number of rotatable bonds is 5. The minimum absolute atomic E-state index is 0.00103. The van der Waals surface area contributed by atoms with E-state index in [0.717, 1.165) is 44.3 Å². The Bertz CT molecular complexity index is 655. The molecule has 0 bridgehead atoms. The van der Waals surface area contributed by atoms with Gasteiger partial charge in [0.15, 0.2) is 0 Å². The lowest BCUT2D eigenvalue weighted by Gasteiger charge is -2.35. The van der Waals surface area contributed by atoms with Gasteiger partial charge in [-0.25, -0.2) is 0 Å². The number of nitrogens with zero attached hydrogens (tertiary/aromatic N) is 1. The number of hydrogen-bond donors (Lipinski definition) is 1. The van der Waals surface area contributed by atoms with Gasteiger partial charge in [0.2, 0.25) is 11.8 Å². The average Bonchev–Trinajstić information content (AvgIpc) is 3.41. The number of likely N-dealkylation sites (tertiary alicyclic amines) is 1. The fourth-order valence-electron chi connectivity index (χ4n) is 3.71. The summed E-state index contributed by atoms with van der Waals surface area (Å²) in [5.74, 6) is 0.658. The Morgan fingerprint density at radius 3 is 2.76 bits per heavy atom. The molecule has 0 aromatic heterocycles. The van der Waals surface area contributed by atoms with Crippen LogP contribution in [0.1, 0.15) is 45.1 Å². The number of carbonyl (C=O) groups is 2. The van der Waals surface area contributed by atoms with E-state index in [4.69, 9.17) is 11.6 Å². The summed E-state index contributed by atoms with van der Waals surface area (Å²) in [5, 5.41) is 3.70. The number of hydrogen-bond acceptors (Lipinski definition) is 2. The Morgan fingerprint density at radius 1 is 1.36 bits per heavy atom. The highest BCUT2D eigenvalue weighted by atomic mass is 35.5. The van der Waals surface area contributed by atoms with E-state index in [2.05, 4.69) is 5.32 Å². The van der Waals surface area contributed by atoms with Crippen molar-refractivity contribution in [3.8, 4) is 0 Å². The van der Waals surface area contributed by atoms with Gasteiger partial charge in [-0.3, -0.25) is 9.59 Å². The third-order valence-corrected chi connectivity index (χ3v) is 5.67. The van der Waals surface area contributed by atoms with E-state index in [1.54, 1.807) is 0 Å². The first kappa shape index (κ1) is 18.2. The van der Waals surface area contributed by atoms with E-state index in [-0.39, 0.29) is 23.1 Å². The number of amides is 2. The van der Waals surface area contributed by atoms with Crippen LogP contribution >= 0.6 is 11.6 Å². The van der Waals surface area contributed by atoms with Crippen LogP contribution < -0.4 is 5.32 Å². The topological polar surface area (TPSA) is 49.4 Å². The summed E-state index contributed by atoms with van der Waals surface area (Å²) in [6.07, 6.45) is 3.86. The van der Waals surface area contributed by atoms with E-state index in [1.165, 1.54) is 0 Å². The minimum Gasteiger partial charge on any atom is -0.356 e. The number of piperidine rings is 1. The molecule has 1 saturated heterocycles. The molecule has 1 aliphatic heterocycles. The summed E-state index contributed by atoms with van der Waals surface area (Å²) < 4.78 is 0. The molecule has 1 aromatic rings. The highest BCUT2D eigenvalue weighted by Crippen LogP contribution is 2.50. The van der Waals surface area contributed by atoms with E-state index in [0.29, 0.717) is 17.5 Å². The molecule has 4 nitrogen and oxygen atoms in total. The molecule has 3 rings (SSSR count). The molecule has 2 fully saturated rings. The van der Waals surface area contributed by atoms with Crippen molar-refractivity contribution in [2.45, 2.75) is 44.9 Å². The normalized spacial score (nSPS) is 21.9. The molecule has 0 spiro atoms. The SMILES string of the molecule is CC(C)C(=O)NC[C@@H]1CCCN(C(=O)C2(c3cccc(Cl)c3)CC2)C1. The van der Waals surface area contributed by atoms with Crippen molar-refractivity contribution in [3.63, 3.8) is 0 Å². The van der Waals surface area contributed by atoms with Crippen molar-refractivity contribution in [3.05, 3.63) is 34.9 Å². The van der Waals surface area contributed by atoms with E-state index >= 15 is 0 Å². The Hall–Kier alpha value is -1.55. The summed E-state index contributed by atoms with van der Waals surface area (Å²) >= 11 is 6.12. The highest BCUT2D eigenvalue weighted by Gasteiger charge is 2.53. The molecule has 0 radical (unpaired) electrons. The fraction of sp³-hybridized carbons (Fsp3) is 0.600. The zero-order chi connectivity index (χ0) is 18.0. The first-order valence-corrected chi connectivity index (χ1v) is 9.63. The van der Waals surface area contributed by atoms with Gasteiger partial charge in [0, 0.05) is 30.6 Å². The van der Waals surface area contributed by atoms with Gasteiger partial charge in [-0.1, -0.05) is 37.6 Å². The standard InChI is InChI=1S/C20H27ClN2O2/c1-14(2)18(24)22-12-15-5-4-10-23(13-15)19(25)20(8-9-20)16-6-3-7-17(21)11-16/h3,6-7,11,14-15H,4-5,8-10,12-13H2,1-2H3,(H,22,24)/t15-/m0/s1. The molecule has 25 heavy (non-hydrogen) atoms. The van der Waals surface area contributed by atoms with Crippen LogP contribution in [0.4, 0.5) is 0 Å². The van der Waals surface area contributed by atoms with Gasteiger partial charge in [-0.05, 0) is 49.3 Å². The van der Waals surface area contributed by atoms with Gasteiger partial charge in [-0.2, -0.15) is 0 Å². The minimum atomic E-state index is -0.367. The molecular weight excluding hydrogens is 336 g/mol. The Balaban J connectivity index is 1.63. The van der Waals surface area contributed by atoms with Crippen molar-refractivity contribution in [1.82, 2.24) is 10.2 Å². The van der Waals surface area contributed by atoms with Gasteiger partial charge >= 0.3 is 0 Å². The molecule has 1 saturated carbocycles. The van der Waals surface area contributed by atoms with E-state index < -0.39 is 0 Å². The molecule has 1 aliphatic carbocycles. The van der Waals surface area contributed by atoms with Gasteiger partial charge < -0.3 is 10.2 Å². The smallest absolute Gasteiger partial charge is 0.233 e. The van der Waals surface area contributed by atoms with Gasteiger partial charge in [0.1, 0.15) is 0 Å². The maximum atomic E-state index is 13.2. The van der Waals surface area contributed by atoms with E-state index in [1.807, 2.05) is 43.0 Å². The van der Waals surface area contributed by atoms with Crippen LogP contribution in [0, 0.1) is 11.8 Å². The Kier molecular flexibility index (Phi) is 5.38. The third-order valence-electron chi connectivity index (χ3n) is 5.43. The molecule has 136 valence electrons. The Morgan fingerprint density at radius 2 is 2.12 bits per heavy atom. The van der Waals surface area contributed by atoms with Crippen molar-refractivity contribution in [2.24, 2.45) is 11.8 Å². The maximum absolute atomic E-state index is 13.2. The summed E-state index contributed by atoms with van der Waals surface area (Å²) in [7, 11) is 0. The number of benzene rings is 1. The van der Waals surface area contributed by atoms with Crippen LogP contribution in [0.3, 0.4) is 0 Å². The molecule has 1 aromatic carbocycles. The van der Waals surface area contributed by atoms with Gasteiger partial charge in [0.05, 0.1) is 5.41 Å². The lowest BCUT2D eigenvalue weighted by molar-refractivity contribution is -0.135. The van der Waals surface area contributed by atoms with Gasteiger partial charge in [-0.15, -0.1) is 0 Å². The molecule has 1 atom stereocenters. The first-order valence-electron chi connectivity index (χ1n) is 9.25. The van der Waals surface area contributed by atoms with Crippen LogP contribution in [0.25, 0.3) is 0 Å². The quantitative estimate of drug-likeness (QED) is 0.872. The second-order valence-electron chi connectivity index (χ2n) is 7.75. The lowest BCUT2D eigenvalue weighted by Crippen LogP contribution is -2.47. The van der Waals surface area contributed by atoms with Crippen LogP contribution in [0.15, 0.2) is 24.3 Å². The number of carbonyl (C=O) groups excluding carboxylic acids is 2. The molecular formula is C20H27ClN2O2. The van der Waals surface area contributed by atoms with E-state index in [9.17, 15) is 9.59 Å². The van der Waals surface area contributed by atoms with Crippen molar-refractivity contribution in [2.75, 3.05) is 19.6 Å². The first-order chi connectivity index (χ1) is 11.9.